The van der Waals surface area contributed by atoms with E-state index in [1.54, 1.807) is 13.3 Å². The number of methoxy groups -OCH3 is 1. The predicted molar refractivity (Wildman–Crippen MR) is 30.6 cm³/mol. The zero-order valence-corrected chi connectivity index (χ0v) is 5.01. The maximum Gasteiger partial charge on any atom is 0.144 e. The van der Waals surface area contributed by atoms with E-state index in [-0.39, 0.29) is 6.23 Å². The molecule has 2 heteroatoms. The third-order valence-electron chi connectivity index (χ3n) is 0.700. The fourth-order valence-electron chi connectivity index (χ4n) is 0.271. The molecule has 0 aromatic rings. The molecule has 0 fully saturated rings. The van der Waals surface area contributed by atoms with Gasteiger partial charge in [0.15, 0.2) is 0 Å². The number of hydrogen-bond donors (Lipinski definition) is 0. The molecule has 0 aliphatic rings. The summed E-state index contributed by atoms with van der Waals surface area (Å²) in [5.74, 6) is 0. The van der Waals surface area contributed by atoms with Crippen LogP contribution in [0.5, 0.6) is 0 Å². The van der Waals surface area contributed by atoms with Gasteiger partial charge in [0.25, 0.3) is 0 Å². The van der Waals surface area contributed by atoms with Crippen molar-refractivity contribution in [2.75, 3.05) is 7.11 Å². The van der Waals surface area contributed by atoms with Gasteiger partial charge in [-0.2, -0.15) is 0 Å². The van der Waals surface area contributed by atoms with E-state index < -0.39 is 0 Å². The van der Waals surface area contributed by atoms with Crippen molar-refractivity contribution in [3.05, 3.63) is 0 Å². The Labute approximate surface area is 44.2 Å². The van der Waals surface area contributed by atoms with Crippen molar-refractivity contribution in [3.8, 4) is 0 Å². The molecule has 2 nitrogen and oxygen atoms in total. The minimum absolute atomic E-state index is 0.0185. The van der Waals surface area contributed by atoms with Crippen LogP contribution in [-0.2, 0) is 4.74 Å². The highest BCUT2D eigenvalue weighted by atomic mass is 16.5. The molecule has 0 spiro atoms. The highest BCUT2D eigenvalue weighted by Crippen LogP contribution is 1.84. The Balaban J connectivity index is 3.16. The molecule has 0 saturated carbocycles. The first-order chi connectivity index (χ1) is 3.31. The normalized spacial score (nSPS) is 15.3. The van der Waals surface area contributed by atoms with Gasteiger partial charge in [-0.05, 0) is 20.1 Å². The average Bonchev–Trinajstić information content (AvgIpc) is 1.68. The molecular formula is C5H11NO. The Bertz CT molecular complexity index is 61.1. The van der Waals surface area contributed by atoms with E-state index in [1.165, 1.54) is 0 Å². The largest absolute Gasteiger partial charge is 0.360 e. The quantitative estimate of drug-likeness (QED) is 0.477. The van der Waals surface area contributed by atoms with Crippen molar-refractivity contribution >= 4 is 6.21 Å². The lowest BCUT2D eigenvalue weighted by atomic mass is 10.7. The number of nitrogens with zero attached hydrogens (tertiary/aromatic N) is 1. The van der Waals surface area contributed by atoms with Gasteiger partial charge in [0.05, 0.1) is 0 Å². The molecule has 0 N–H and O–H groups in total. The fourth-order valence-corrected chi connectivity index (χ4v) is 0.271. The van der Waals surface area contributed by atoms with E-state index in [2.05, 4.69) is 4.99 Å². The highest BCUT2D eigenvalue weighted by molar-refractivity contribution is 5.53. The molecule has 0 aliphatic heterocycles. The van der Waals surface area contributed by atoms with E-state index in [0.29, 0.717) is 0 Å². The van der Waals surface area contributed by atoms with Gasteiger partial charge in [0.2, 0.25) is 0 Å². The SMILES string of the molecule is CC=N[C@@H](C)OC. The summed E-state index contributed by atoms with van der Waals surface area (Å²) < 4.78 is 4.79. The first kappa shape index (κ1) is 6.63. The van der Waals surface area contributed by atoms with Crippen LogP contribution < -0.4 is 0 Å². The lowest BCUT2D eigenvalue weighted by molar-refractivity contribution is 0.126. The standard InChI is InChI=1S/C5H11NO/c1-4-6-5(2)7-3/h4-5H,1-3H3/t5-/m1/s1. The Kier molecular flexibility index (Phi) is 3.61. The van der Waals surface area contributed by atoms with Crippen LogP contribution in [0.4, 0.5) is 0 Å². The fraction of sp³-hybridized carbons (Fsp3) is 0.800. The molecule has 42 valence electrons. The minimum atomic E-state index is 0.0185. The zero-order valence-electron chi connectivity index (χ0n) is 5.01. The Morgan fingerprint density at radius 3 is 2.43 bits per heavy atom. The first-order valence-electron chi connectivity index (χ1n) is 2.32. The molecule has 0 rings (SSSR count). The topological polar surface area (TPSA) is 21.6 Å². The summed E-state index contributed by atoms with van der Waals surface area (Å²) in [5, 5.41) is 0. The van der Waals surface area contributed by atoms with Crippen molar-refractivity contribution < 1.29 is 4.74 Å². The molecule has 0 aliphatic carbocycles. The zero-order chi connectivity index (χ0) is 5.70. The molecule has 0 amide bonds. The van der Waals surface area contributed by atoms with Crippen molar-refractivity contribution in [1.82, 2.24) is 0 Å². The van der Waals surface area contributed by atoms with Crippen LogP contribution in [0, 0.1) is 0 Å². The molecule has 0 aromatic heterocycles. The first-order valence-corrected chi connectivity index (χ1v) is 2.32. The lowest BCUT2D eigenvalue weighted by Gasteiger charge is -1.98. The summed E-state index contributed by atoms with van der Waals surface area (Å²) in [6, 6.07) is 0. The molecule has 7 heavy (non-hydrogen) atoms. The van der Waals surface area contributed by atoms with E-state index >= 15 is 0 Å². The predicted octanol–water partition coefficient (Wildman–Crippen LogP) is 1.07. The number of aliphatic imine (C=N–C) groups is 1. The van der Waals surface area contributed by atoms with Gasteiger partial charge in [-0.3, -0.25) is 4.99 Å². The summed E-state index contributed by atoms with van der Waals surface area (Å²) >= 11 is 0. The molecule has 0 unspecified atom stereocenters. The van der Waals surface area contributed by atoms with Gasteiger partial charge >= 0.3 is 0 Å². The number of hydrogen-bond acceptors (Lipinski definition) is 2. The summed E-state index contributed by atoms with van der Waals surface area (Å²) in [6.07, 6.45) is 1.75. The van der Waals surface area contributed by atoms with Crippen molar-refractivity contribution in [3.63, 3.8) is 0 Å². The Hall–Kier alpha value is -0.370. The van der Waals surface area contributed by atoms with Crippen LogP contribution in [0.25, 0.3) is 0 Å². The number of ether oxygens (including phenoxy) is 1. The second-order valence-electron chi connectivity index (χ2n) is 1.24. The van der Waals surface area contributed by atoms with Crippen LogP contribution in [0.2, 0.25) is 0 Å². The van der Waals surface area contributed by atoms with E-state index in [0.717, 1.165) is 0 Å². The maximum absolute atomic E-state index is 4.79. The lowest BCUT2D eigenvalue weighted by Crippen LogP contribution is -1.98. The van der Waals surface area contributed by atoms with Crippen LogP contribution in [-0.4, -0.2) is 19.6 Å². The Morgan fingerprint density at radius 2 is 2.29 bits per heavy atom. The van der Waals surface area contributed by atoms with E-state index in [9.17, 15) is 0 Å². The van der Waals surface area contributed by atoms with Crippen LogP contribution in [0.15, 0.2) is 4.99 Å². The third-order valence-corrected chi connectivity index (χ3v) is 0.700. The van der Waals surface area contributed by atoms with Gasteiger partial charge in [-0.1, -0.05) is 0 Å². The minimum Gasteiger partial charge on any atom is -0.360 e. The van der Waals surface area contributed by atoms with Gasteiger partial charge in [-0.25, -0.2) is 0 Å². The van der Waals surface area contributed by atoms with E-state index in [1.807, 2.05) is 13.8 Å². The molecule has 1 atom stereocenters. The third kappa shape index (κ3) is 3.46. The molecule has 0 heterocycles. The second kappa shape index (κ2) is 3.81. The second-order valence-corrected chi connectivity index (χ2v) is 1.24. The summed E-state index contributed by atoms with van der Waals surface area (Å²) in [7, 11) is 1.64. The summed E-state index contributed by atoms with van der Waals surface area (Å²) in [4.78, 5) is 3.90. The average molecular weight is 101 g/mol. The molecule has 0 saturated heterocycles. The summed E-state index contributed by atoms with van der Waals surface area (Å²) in [5.41, 5.74) is 0. The van der Waals surface area contributed by atoms with Gasteiger partial charge in [0.1, 0.15) is 6.23 Å². The Morgan fingerprint density at radius 1 is 1.71 bits per heavy atom. The smallest absolute Gasteiger partial charge is 0.144 e. The molecule has 0 aromatic carbocycles. The maximum atomic E-state index is 4.79. The van der Waals surface area contributed by atoms with Crippen molar-refractivity contribution in [2.45, 2.75) is 20.1 Å². The van der Waals surface area contributed by atoms with Gasteiger partial charge in [0, 0.05) is 7.11 Å². The molecule has 0 bridgehead atoms. The monoisotopic (exact) mass is 101 g/mol. The molecule has 0 radical (unpaired) electrons. The number of rotatable bonds is 2. The summed E-state index contributed by atoms with van der Waals surface area (Å²) in [6.45, 7) is 3.76. The molecular weight excluding hydrogens is 90.1 g/mol. The highest BCUT2D eigenvalue weighted by Gasteiger charge is 1.86. The van der Waals surface area contributed by atoms with Crippen molar-refractivity contribution in [1.29, 1.82) is 0 Å². The van der Waals surface area contributed by atoms with Crippen LogP contribution in [0.3, 0.4) is 0 Å². The van der Waals surface area contributed by atoms with Crippen LogP contribution >= 0.6 is 0 Å². The van der Waals surface area contributed by atoms with E-state index in [4.69, 9.17) is 4.74 Å². The van der Waals surface area contributed by atoms with Gasteiger partial charge in [-0.15, -0.1) is 0 Å². The van der Waals surface area contributed by atoms with Crippen LogP contribution in [0.1, 0.15) is 13.8 Å². The van der Waals surface area contributed by atoms with Crippen molar-refractivity contribution in [2.24, 2.45) is 4.99 Å². The van der Waals surface area contributed by atoms with Gasteiger partial charge < -0.3 is 4.74 Å².